The number of halogens is 2. The fourth-order valence-corrected chi connectivity index (χ4v) is 3.18. The Balaban J connectivity index is 2.36. The van der Waals surface area contributed by atoms with Crippen molar-refractivity contribution < 1.29 is 5.11 Å². The zero-order valence-electron chi connectivity index (χ0n) is 11.6. The van der Waals surface area contributed by atoms with E-state index in [9.17, 15) is 5.11 Å². The van der Waals surface area contributed by atoms with Gasteiger partial charge in [-0.2, -0.15) is 0 Å². The molecule has 1 aromatic heterocycles. The third-order valence-electron chi connectivity index (χ3n) is 3.37. The number of phenolic OH excluding ortho intramolecular Hbond substituents is 1. The second kappa shape index (κ2) is 5.46. The predicted molar refractivity (Wildman–Crippen MR) is 92.6 cm³/mol. The number of rotatable bonds is 2. The zero-order chi connectivity index (χ0) is 15.1. The summed E-state index contributed by atoms with van der Waals surface area (Å²) in [5.41, 5.74) is 2.69. The number of benzene rings is 2. The second-order valence-corrected chi connectivity index (χ2v) is 7.03. The van der Waals surface area contributed by atoms with Crippen molar-refractivity contribution in [2.45, 2.75) is 19.9 Å². The summed E-state index contributed by atoms with van der Waals surface area (Å²) in [6.45, 7) is 4.23. The SMILES string of the molecule is CC(C)n1c(-c2cc(Br)ccc2O)nc2cc(Br)ccc21. The summed E-state index contributed by atoms with van der Waals surface area (Å²) < 4.78 is 4.05. The monoisotopic (exact) mass is 408 g/mol. The van der Waals surface area contributed by atoms with Crippen LogP contribution in [-0.4, -0.2) is 14.7 Å². The third kappa shape index (κ3) is 2.60. The lowest BCUT2D eigenvalue weighted by molar-refractivity contribution is 0.476. The molecule has 0 fully saturated rings. The largest absolute Gasteiger partial charge is 0.507 e. The van der Waals surface area contributed by atoms with Crippen molar-refractivity contribution in [3.63, 3.8) is 0 Å². The Morgan fingerprint density at radius 2 is 1.71 bits per heavy atom. The molecule has 0 saturated carbocycles. The standard InChI is InChI=1S/C16H14Br2N2O/c1-9(2)20-14-5-3-11(18)8-13(14)19-16(20)12-7-10(17)4-6-15(12)21/h3-9,21H,1-2H3. The first-order valence-electron chi connectivity index (χ1n) is 6.63. The van der Waals surface area contributed by atoms with Gasteiger partial charge in [0.25, 0.3) is 0 Å². The van der Waals surface area contributed by atoms with Crippen LogP contribution in [0.25, 0.3) is 22.4 Å². The van der Waals surface area contributed by atoms with Crippen LogP contribution >= 0.6 is 31.9 Å². The van der Waals surface area contributed by atoms with Crippen LogP contribution in [0.15, 0.2) is 45.3 Å². The zero-order valence-corrected chi connectivity index (χ0v) is 14.8. The van der Waals surface area contributed by atoms with Crippen LogP contribution in [0.3, 0.4) is 0 Å². The van der Waals surface area contributed by atoms with Crippen molar-refractivity contribution in [3.8, 4) is 17.1 Å². The van der Waals surface area contributed by atoms with Gasteiger partial charge in [0.2, 0.25) is 0 Å². The van der Waals surface area contributed by atoms with Gasteiger partial charge in [-0.1, -0.05) is 31.9 Å². The summed E-state index contributed by atoms with van der Waals surface area (Å²) in [7, 11) is 0. The Hall–Kier alpha value is -1.33. The second-order valence-electron chi connectivity index (χ2n) is 5.19. The smallest absolute Gasteiger partial charge is 0.145 e. The highest BCUT2D eigenvalue weighted by molar-refractivity contribution is 9.10. The molecule has 0 spiro atoms. The number of imidazole rings is 1. The summed E-state index contributed by atoms with van der Waals surface area (Å²) in [5.74, 6) is 1.01. The van der Waals surface area contributed by atoms with Crippen LogP contribution in [0.2, 0.25) is 0 Å². The molecule has 0 aliphatic rings. The number of phenols is 1. The summed E-state index contributed by atoms with van der Waals surface area (Å²) in [4.78, 5) is 4.72. The van der Waals surface area contributed by atoms with E-state index in [1.807, 2.05) is 30.3 Å². The number of hydrogen-bond acceptors (Lipinski definition) is 2. The maximum absolute atomic E-state index is 10.2. The minimum atomic E-state index is 0.231. The van der Waals surface area contributed by atoms with Gasteiger partial charge in [0.1, 0.15) is 11.6 Å². The Labute approximate surface area is 139 Å². The molecular formula is C16H14Br2N2O. The Morgan fingerprint density at radius 3 is 2.43 bits per heavy atom. The van der Waals surface area contributed by atoms with E-state index in [0.29, 0.717) is 0 Å². The number of nitrogens with zero attached hydrogens (tertiary/aromatic N) is 2. The Kier molecular flexibility index (Phi) is 3.80. The van der Waals surface area contributed by atoms with Gasteiger partial charge in [0.15, 0.2) is 0 Å². The van der Waals surface area contributed by atoms with Crippen LogP contribution < -0.4 is 0 Å². The van der Waals surface area contributed by atoms with Crippen LogP contribution in [0.5, 0.6) is 5.75 Å². The van der Waals surface area contributed by atoms with Crippen molar-refractivity contribution >= 4 is 42.9 Å². The Bertz CT molecular complexity index is 825. The predicted octanol–water partition coefficient (Wildman–Crippen LogP) is 5.51. The van der Waals surface area contributed by atoms with Crippen molar-refractivity contribution in [3.05, 3.63) is 45.3 Å². The molecule has 0 saturated heterocycles. The summed E-state index contributed by atoms with van der Waals surface area (Å²) in [5, 5.41) is 10.2. The minimum Gasteiger partial charge on any atom is -0.507 e. The molecule has 21 heavy (non-hydrogen) atoms. The van der Waals surface area contributed by atoms with E-state index in [1.165, 1.54) is 0 Å². The molecular weight excluding hydrogens is 396 g/mol. The fourth-order valence-electron chi connectivity index (χ4n) is 2.47. The van der Waals surface area contributed by atoms with Gasteiger partial charge in [-0.15, -0.1) is 0 Å². The molecule has 0 bridgehead atoms. The lowest BCUT2D eigenvalue weighted by Crippen LogP contribution is -2.03. The maximum atomic E-state index is 10.2. The van der Waals surface area contributed by atoms with Gasteiger partial charge in [-0.05, 0) is 50.2 Å². The quantitative estimate of drug-likeness (QED) is 0.605. The minimum absolute atomic E-state index is 0.231. The van der Waals surface area contributed by atoms with Gasteiger partial charge in [-0.3, -0.25) is 0 Å². The maximum Gasteiger partial charge on any atom is 0.145 e. The summed E-state index contributed by atoms with van der Waals surface area (Å²) in [6.07, 6.45) is 0. The van der Waals surface area contributed by atoms with Gasteiger partial charge in [0, 0.05) is 15.0 Å². The van der Waals surface area contributed by atoms with E-state index >= 15 is 0 Å². The van der Waals surface area contributed by atoms with Gasteiger partial charge < -0.3 is 9.67 Å². The molecule has 5 heteroatoms. The van der Waals surface area contributed by atoms with Crippen LogP contribution in [0.4, 0.5) is 0 Å². The number of aromatic hydroxyl groups is 1. The topological polar surface area (TPSA) is 38.0 Å². The molecule has 1 N–H and O–H groups in total. The van der Waals surface area contributed by atoms with Crippen LogP contribution in [-0.2, 0) is 0 Å². The van der Waals surface area contributed by atoms with E-state index < -0.39 is 0 Å². The summed E-state index contributed by atoms with van der Waals surface area (Å²) >= 11 is 6.93. The van der Waals surface area contributed by atoms with Crippen molar-refractivity contribution in [2.75, 3.05) is 0 Å². The van der Waals surface area contributed by atoms with Crippen molar-refractivity contribution in [1.29, 1.82) is 0 Å². The fraction of sp³-hybridized carbons (Fsp3) is 0.188. The molecule has 108 valence electrons. The normalized spacial score (nSPS) is 11.5. The molecule has 1 heterocycles. The summed E-state index contributed by atoms with van der Waals surface area (Å²) in [6, 6.07) is 11.7. The van der Waals surface area contributed by atoms with Crippen molar-refractivity contribution in [2.24, 2.45) is 0 Å². The highest BCUT2D eigenvalue weighted by Gasteiger charge is 2.17. The van der Waals surface area contributed by atoms with E-state index in [4.69, 9.17) is 4.98 Å². The molecule has 3 aromatic rings. The highest BCUT2D eigenvalue weighted by Crippen LogP contribution is 2.35. The van der Waals surface area contributed by atoms with E-state index in [1.54, 1.807) is 6.07 Å². The molecule has 0 atom stereocenters. The van der Waals surface area contributed by atoms with E-state index in [2.05, 4.69) is 50.3 Å². The first kappa shape index (κ1) is 14.6. The third-order valence-corrected chi connectivity index (χ3v) is 4.35. The lowest BCUT2D eigenvalue weighted by Gasteiger charge is -2.14. The van der Waals surface area contributed by atoms with Crippen molar-refractivity contribution in [1.82, 2.24) is 9.55 Å². The molecule has 0 aliphatic carbocycles. The first-order valence-corrected chi connectivity index (χ1v) is 8.22. The average Bonchev–Trinajstić information content (AvgIpc) is 2.79. The van der Waals surface area contributed by atoms with E-state index in [0.717, 1.165) is 31.4 Å². The lowest BCUT2D eigenvalue weighted by atomic mass is 10.2. The van der Waals surface area contributed by atoms with Gasteiger partial charge >= 0.3 is 0 Å². The van der Waals surface area contributed by atoms with Crippen LogP contribution in [0.1, 0.15) is 19.9 Å². The number of aromatic nitrogens is 2. The molecule has 0 amide bonds. The molecule has 3 nitrogen and oxygen atoms in total. The highest BCUT2D eigenvalue weighted by atomic mass is 79.9. The molecule has 0 aliphatic heterocycles. The number of hydrogen-bond donors (Lipinski definition) is 1. The van der Waals surface area contributed by atoms with Gasteiger partial charge in [-0.25, -0.2) is 4.98 Å². The molecule has 0 radical (unpaired) electrons. The Morgan fingerprint density at radius 1 is 1.05 bits per heavy atom. The van der Waals surface area contributed by atoms with Gasteiger partial charge in [0.05, 0.1) is 16.6 Å². The molecule has 3 rings (SSSR count). The molecule has 0 unspecified atom stereocenters. The molecule has 2 aromatic carbocycles. The first-order chi connectivity index (χ1) is 9.97. The average molecular weight is 410 g/mol. The van der Waals surface area contributed by atoms with E-state index in [-0.39, 0.29) is 11.8 Å². The van der Waals surface area contributed by atoms with Crippen LogP contribution in [0, 0.1) is 0 Å². The number of fused-ring (bicyclic) bond motifs is 1.